The van der Waals surface area contributed by atoms with Crippen molar-refractivity contribution in [1.82, 2.24) is 0 Å². The third-order valence-corrected chi connectivity index (χ3v) is 3.94. The van der Waals surface area contributed by atoms with Gasteiger partial charge in [-0.05, 0) is 56.4 Å². The predicted molar refractivity (Wildman–Crippen MR) is 95.2 cm³/mol. The number of anilines is 1. The van der Waals surface area contributed by atoms with Gasteiger partial charge in [-0.15, -0.1) is 0 Å². The van der Waals surface area contributed by atoms with Crippen LogP contribution >= 0.6 is 0 Å². The zero-order valence-corrected chi connectivity index (χ0v) is 15.6. The molecule has 0 saturated carbocycles. The van der Waals surface area contributed by atoms with Gasteiger partial charge in [0.2, 0.25) is 0 Å². The second-order valence-corrected chi connectivity index (χ2v) is 6.78. The zero-order valence-electron chi connectivity index (χ0n) is 15.6. The lowest BCUT2D eigenvalue weighted by Gasteiger charge is -2.26. The standard InChI is InChI=1S/C19H31NO3/c1-8-9-19(6,22-7)18(21)20-16-10-14(4)17(15(5)11-16)23-12-13(2)3/h10-11,13H,8-9,12H2,1-7H3,(H,20,21)/t19-/m0/s1. The zero-order chi connectivity index (χ0) is 17.6. The van der Waals surface area contributed by atoms with E-state index in [9.17, 15) is 4.79 Å². The van der Waals surface area contributed by atoms with E-state index in [1.807, 2.05) is 39.8 Å². The molecule has 0 fully saturated rings. The molecule has 4 nitrogen and oxygen atoms in total. The van der Waals surface area contributed by atoms with Crippen LogP contribution < -0.4 is 10.1 Å². The number of nitrogens with one attached hydrogen (secondary N) is 1. The quantitative estimate of drug-likeness (QED) is 0.768. The third kappa shape index (κ3) is 5.24. The Morgan fingerprint density at radius 2 is 1.83 bits per heavy atom. The van der Waals surface area contributed by atoms with Gasteiger partial charge in [-0.3, -0.25) is 4.79 Å². The van der Waals surface area contributed by atoms with Crippen LogP contribution in [-0.2, 0) is 9.53 Å². The molecule has 0 aliphatic carbocycles. The number of amides is 1. The lowest BCUT2D eigenvalue weighted by Crippen LogP contribution is -2.41. The molecular weight excluding hydrogens is 290 g/mol. The Hall–Kier alpha value is -1.55. The summed E-state index contributed by atoms with van der Waals surface area (Å²) in [6.07, 6.45) is 1.57. The number of rotatable bonds is 8. The van der Waals surface area contributed by atoms with Crippen molar-refractivity contribution in [1.29, 1.82) is 0 Å². The molecule has 1 amide bonds. The highest BCUT2D eigenvalue weighted by molar-refractivity contribution is 5.97. The molecule has 1 aromatic rings. The molecule has 4 heteroatoms. The van der Waals surface area contributed by atoms with Crippen LogP contribution in [0.2, 0.25) is 0 Å². The Bertz CT molecular complexity index is 516. The van der Waals surface area contributed by atoms with Gasteiger partial charge in [-0.1, -0.05) is 27.2 Å². The molecule has 130 valence electrons. The van der Waals surface area contributed by atoms with E-state index >= 15 is 0 Å². The van der Waals surface area contributed by atoms with E-state index in [-0.39, 0.29) is 5.91 Å². The van der Waals surface area contributed by atoms with Gasteiger partial charge in [-0.25, -0.2) is 0 Å². The van der Waals surface area contributed by atoms with Crippen LogP contribution in [0.4, 0.5) is 5.69 Å². The molecule has 0 unspecified atom stereocenters. The van der Waals surface area contributed by atoms with Crippen LogP contribution in [0.1, 0.15) is 51.7 Å². The SMILES string of the molecule is CCC[C@](C)(OC)C(=O)Nc1cc(C)c(OCC(C)C)c(C)c1. The second kappa shape index (κ2) is 8.34. The Morgan fingerprint density at radius 1 is 1.26 bits per heavy atom. The molecule has 0 radical (unpaired) electrons. The van der Waals surface area contributed by atoms with E-state index in [1.165, 1.54) is 0 Å². The summed E-state index contributed by atoms with van der Waals surface area (Å²) in [4.78, 5) is 12.5. The maximum atomic E-state index is 12.5. The Balaban J connectivity index is 2.92. The molecule has 1 atom stereocenters. The van der Waals surface area contributed by atoms with Gasteiger partial charge in [0.05, 0.1) is 6.61 Å². The number of hydrogen-bond donors (Lipinski definition) is 1. The summed E-state index contributed by atoms with van der Waals surface area (Å²) in [7, 11) is 1.58. The monoisotopic (exact) mass is 321 g/mol. The van der Waals surface area contributed by atoms with Crippen LogP contribution in [0.3, 0.4) is 0 Å². The number of benzene rings is 1. The van der Waals surface area contributed by atoms with Crippen LogP contribution in [0.25, 0.3) is 0 Å². The third-order valence-electron chi connectivity index (χ3n) is 3.94. The Labute approximate surface area is 140 Å². The second-order valence-electron chi connectivity index (χ2n) is 6.78. The van der Waals surface area contributed by atoms with E-state index in [1.54, 1.807) is 7.11 Å². The summed E-state index contributed by atoms with van der Waals surface area (Å²) in [5.41, 5.74) is 2.02. The number of methoxy groups -OCH3 is 1. The normalized spacial score (nSPS) is 13.7. The maximum Gasteiger partial charge on any atom is 0.256 e. The number of carbonyl (C=O) groups excluding carboxylic acids is 1. The van der Waals surface area contributed by atoms with Crippen molar-refractivity contribution in [2.45, 2.75) is 60.0 Å². The number of ether oxygens (including phenoxy) is 2. The molecular formula is C19H31NO3. The fourth-order valence-electron chi connectivity index (χ4n) is 2.55. The van der Waals surface area contributed by atoms with Gasteiger partial charge >= 0.3 is 0 Å². The summed E-state index contributed by atoms with van der Waals surface area (Å²) in [6.45, 7) is 12.8. The average Bonchev–Trinajstić information content (AvgIpc) is 2.46. The largest absolute Gasteiger partial charge is 0.493 e. The highest BCUT2D eigenvalue weighted by Gasteiger charge is 2.32. The first-order valence-corrected chi connectivity index (χ1v) is 8.34. The molecule has 1 aromatic carbocycles. The first-order chi connectivity index (χ1) is 10.7. The maximum absolute atomic E-state index is 12.5. The molecule has 0 saturated heterocycles. The number of aryl methyl sites for hydroxylation is 2. The summed E-state index contributed by atoms with van der Waals surface area (Å²) >= 11 is 0. The lowest BCUT2D eigenvalue weighted by atomic mass is 9.99. The number of carbonyl (C=O) groups is 1. The van der Waals surface area contributed by atoms with Crippen LogP contribution in [0, 0.1) is 19.8 Å². The highest BCUT2D eigenvalue weighted by atomic mass is 16.5. The van der Waals surface area contributed by atoms with Crippen molar-refractivity contribution in [3.05, 3.63) is 23.3 Å². The van der Waals surface area contributed by atoms with Crippen molar-refractivity contribution >= 4 is 11.6 Å². The smallest absolute Gasteiger partial charge is 0.256 e. The van der Waals surface area contributed by atoms with Crippen LogP contribution in [0.15, 0.2) is 12.1 Å². The summed E-state index contributed by atoms with van der Waals surface area (Å²) in [6, 6.07) is 3.89. The lowest BCUT2D eigenvalue weighted by molar-refractivity contribution is -0.136. The van der Waals surface area contributed by atoms with Crippen molar-refractivity contribution in [3.63, 3.8) is 0 Å². The summed E-state index contributed by atoms with van der Waals surface area (Å²) in [5, 5.41) is 2.97. The predicted octanol–water partition coefficient (Wildman–Crippen LogP) is 4.48. The molecule has 0 aromatic heterocycles. The van der Waals surface area contributed by atoms with Gasteiger partial charge in [0, 0.05) is 12.8 Å². The van der Waals surface area contributed by atoms with E-state index < -0.39 is 5.60 Å². The Morgan fingerprint density at radius 3 is 2.26 bits per heavy atom. The Kier molecular flexibility index (Phi) is 7.07. The minimum Gasteiger partial charge on any atom is -0.493 e. The van der Waals surface area contributed by atoms with Gasteiger partial charge < -0.3 is 14.8 Å². The van der Waals surface area contributed by atoms with Crippen molar-refractivity contribution < 1.29 is 14.3 Å². The summed E-state index contributed by atoms with van der Waals surface area (Å²) in [5.74, 6) is 1.26. The fourth-order valence-corrected chi connectivity index (χ4v) is 2.55. The van der Waals surface area contributed by atoms with Crippen molar-refractivity contribution in [2.75, 3.05) is 19.0 Å². The van der Waals surface area contributed by atoms with E-state index in [0.29, 0.717) is 18.9 Å². The highest BCUT2D eigenvalue weighted by Crippen LogP contribution is 2.28. The topological polar surface area (TPSA) is 47.6 Å². The average molecular weight is 321 g/mol. The molecule has 0 aliphatic heterocycles. The van der Waals surface area contributed by atoms with Crippen molar-refractivity contribution in [2.24, 2.45) is 5.92 Å². The first kappa shape index (κ1) is 19.5. The van der Waals surface area contributed by atoms with Gasteiger partial charge in [0.1, 0.15) is 11.4 Å². The summed E-state index contributed by atoms with van der Waals surface area (Å²) < 4.78 is 11.3. The molecule has 1 rings (SSSR count). The molecule has 0 aliphatic rings. The van der Waals surface area contributed by atoms with Gasteiger partial charge in [0.25, 0.3) is 5.91 Å². The molecule has 0 spiro atoms. The minimum atomic E-state index is -0.802. The minimum absolute atomic E-state index is 0.114. The van der Waals surface area contributed by atoms with Gasteiger partial charge in [-0.2, -0.15) is 0 Å². The molecule has 0 heterocycles. The number of hydrogen-bond acceptors (Lipinski definition) is 3. The van der Waals surface area contributed by atoms with Crippen LogP contribution in [0.5, 0.6) is 5.75 Å². The molecule has 23 heavy (non-hydrogen) atoms. The van der Waals surface area contributed by atoms with E-state index in [2.05, 4.69) is 19.2 Å². The van der Waals surface area contributed by atoms with E-state index in [4.69, 9.17) is 9.47 Å². The van der Waals surface area contributed by atoms with Gasteiger partial charge in [0.15, 0.2) is 0 Å². The fraction of sp³-hybridized carbons (Fsp3) is 0.632. The molecule has 0 bridgehead atoms. The first-order valence-electron chi connectivity index (χ1n) is 8.34. The van der Waals surface area contributed by atoms with Crippen molar-refractivity contribution in [3.8, 4) is 5.75 Å². The van der Waals surface area contributed by atoms with E-state index in [0.717, 1.165) is 29.0 Å². The van der Waals surface area contributed by atoms with Crippen LogP contribution in [-0.4, -0.2) is 25.2 Å². The molecule has 1 N–H and O–H groups in total.